The molecule has 15 nitrogen and oxygen atoms in total. The number of anilines is 1. The lowest BCUT2D eigenvalue weighted by Gasteiger charge is -2.30. The van der Waals surface area contributed by atoms with E-state index in [1.54, 1.807) is 38.1 Å². The number of primary sulfonamides is 1. The molecule has 280 valence electrons. The van der Waals surface area contributed by atoms with Crippen molar-refractivity contribution in [2.24, 2.45) is 5.14 Å². The van der Waals surface area contributed by atoms with Crippen molar-refractivity contribution in [1.29, 1.82) is 0 Å². The molecule has 0 aromatic heterocycles. The lowest BCUT2D eigenvalue weighted by atomic mass is 10.1. The van der Waals surface area contributed by atoms with Crippen LogP contribution in [0.25, 0.3) is 0 Å². The Balaban J connectivity index is 1.26. The van der Waals surface area contributed by atoms with Gasteiger partial charge in [0, 0.05) is 25.9 Å². The lowest BCUT2D eigenvalue weighted by Crippen LogP contribution is -2.49. The Kier molecular flexibility index (Phi) is 12.3. The Morgan fingerprint density at radius 3 is 2.38 bits per heavy atom. The molecule has 1 unspecified atom stereocenters. The zero-order valence-corrected chi connectivity index (χ0v) is 30.9. The number of nitrogens with zero attached hydrogens (tertiary/aromatic N) is 2. The molecule has 2 heterocycles. The quantitative estimate of drug-likeness (QED) is 0.215. The standard InChI is InChI=1S/C34H40ClN5O10S2/c1-3-39(15-14-32(41)48-4-2)34(43)40-20-25(17-28(40)33(42)49-21-23-8-6-5-7-9-23)50-24-12-10-22(11-13-24)16-31-37-27-18-26(35)29(51(36,44)45)19-30(27)52(46,47)38-31/h5-13,18-19,25,28,31,37-38H,3-4,14-17,20-21H2,1-2H3,(H2,36,44,45)/t25-,28-,31?/m0/s1. The smallest absolute Gasteiger partial charge is 0.329 e. The maximum absolute atomic E-state index is 13.7. The van der Waals surface area contributed by atoms with Gasteiger partial charge in [-0.2, -0.15) is 4.72 Å². The van der Waals surface area contributed by atoms with Gasteiger partial charge in [-0.05, 0) is 49.2 Å². The van der Waals surface area contributed by atoms with Crippen LogP contribution < -0.4 is 19.9 Å². The first kappa shape index (κ1) is 38.8. The summed E-state index contributed by atoms with van der Waals surface area (Å²) in [6.45, 7) is 4.25. The fourth-order valence-electron chi connectivity index (χ4n) is 5.95. The van der Waals surface area contributed by atoms with E-state index >= 15 is 0 Å². The summed E-state index contributed by atoms with van der Waals surface area (Å²) in [5.74, 6) is -0.548. The number of urea groups is 1. The number of carbonyl (C=O) groups excluding carboxylic acids is 3. The highest BCUT2D eigenvalue weighted by atomic mass is 35.5. The maximum Gasteiger partial charge on any atom is 0.329 e. The number of benzene rings is 3. The average molecular weight is 778 g/mol. The van der Waals surface area contributed by atoms with Crippen molar-refractivity contribution < 1.29 is 45.4 Å². The molecule has 3 aromatic carbocycles. The molecule has 4 N–H and O–H groups in total. The Labute approximate surface area is 307 Å². The van der Waals surface area contributed by atoms with Gasteiger partial charge in [0.25, 0.3) is 0 Å². The molecule has 3 atom stereocenters. The van der Waals surface area contributed by atoms with E-state index in [2.05, 4.69) is 10.0 Å². The van der Waals surface area contributed by atoms with Crippen LogP contribution in [-0.2, 0) is 52.1 Å². The van der Waals surface area contributed by atoms with Crippen molar-refractivity contribution in [2.45, 2.75) is 67.8 Å². The minimum absolute atomic E-state index is 0.00822. The molecule has 1 saturated heterocycles. The predicted octanol–water partition coefficient (Wildman–Crippen LogP) is 3.22. The summed E-state index contributed by atoms with van der Waals surface area (Å²) in [6, 6.07) is 16.8. The molecule has 0 spiro atoms. The minimum Gasteiger partial charge on any atom is -0.488 e. The van der Waals surface area contributed by atoms with Crippen LogP contribution in [0.15, 0.2) is 76.5 Å². The summed E-state index contributed by atoms with van der Waals surface area (Å²) in [4.78, 5) is 41.2. The molecule has 52 heavy (non-hydrogen) atoms. The number of carbonyl (C=O) groups is 3. The topological polar surface area (TPSA) is 204 Å². The largest absolute Gasteiger partial charge is 0.488 e. The van der Waals surface area contributed by atoms with Crippen molar-refractivity contribution in [3.63, 3.8) is 0 Å². The van der Waals surface area contributed by atoms with Gasteiger partial charge in [-0.1, -0.05) is 54.1 Å². The highest BCUT2D eigenvalue weighted by Crippen LogP contribution is 2.34. The number of halogens is 1. The maximum atomic E-state index is 13.7. The fourth-order valence-corrected chi connectivity index (χ4v) is 8.45. The number of esters is 2. The van der Waals surface area contributed by atoms with Crippen LogP contribution in [-0.4, -0.2) is 89.2 Å². The Hall–Kier alpha value is -4.42. The van der Waals surface area contributed by atoms with Gasteiger partial charge in [0.05, 0.1) is 36.4 Å². The number of rotatable bonds is 13. The summed E-state index contributed by atoms with van der Waals surface area (Å²) in [5, 5.41) is 7.99. The molecule has 5 rings (SSSR count). The Morgan fingerprint density at radius 1 is 1.02 bits per heavy atom. The first-order valence-electron chi connectivity index (χ1n) is 16.5. The number of fused-ring (bicyclic) bond motifs is 1. The average Bonchev–Trinajstić information content (AvgIpc) is 3.51. The first-order valence-corrected chi connectivity index (χ1v) is 19.9. The molecular formula is C34H40ClN5O10S2. The van der Waals surface area contributed by atoms with E-state index in [1.807, 2.05) is 30.3 Å². The van der Waals surface area contributed by atoms with Gasteiger partial charge in [0.1, 0.15) is 34.3 Å². The van der Waals surface area contributed by atoms with Gasteiger partial charge >= 0.3 is 18.0 Å². The minimum atomic E-state index is -4.26. The molecule has 0 saturated carbocycles. The number of nitrogens with one attached hydrogen (secondary N) is 2. The van der Waals surface area contributed by atoms with E-state index in [1.165, 1.54) is 15.9 Å². The summed E-state index contributed by atoms with van der Waals surface area (Å²) < 4.78 is 69.0. The first-order chi connectivity index (χ1) is 24.7. The normalized spacial score (nSPS) is 19.2. The number of nitrogens with two attached hydrogens (primary N) is 1. The van der Waals surface area contributed by atoms with Crippen LogP contribution in [0.5, 0.6) is 5.75 Å². The summed E-state index contributed by atoms with van der Waals surface area (Å²) in [7, 11) is -8.37. The Bertz CT molecular complexity index is 2000. The number of hydrogen-bond acceptors (Lipinski definition) is 11. The van der Waals surface area contributed by atoms with E-state index in [0.29, 0.717) is 12.3 Å². The molecule has 0 bridgehead atoms. The Morgan fingerprint density at radius 2 is 1.73 bits per heavy atom. The third kappa shape index (κ3) is 9.51. The third-order valence-corrected chi connectivity index (χ3v) is 11.4. The van der Waals surface area contributed by atoms with Crippen molar-refractivity contribution in [1.82, 2.24) is 14.5 Å². The number of ether oxygens (including phenoxy) is 3. The van der Waals surface area contributed by atoms with Gasteiger partial charge < -0.3 is 29.3 Å². The van der Waals surface area contributed by atoms with Gasteiger partial charge in [-0.3, -0.25) is 4.79 Å². The summed E-state index contributed by atoms with van der Waals surface area (Å²) in [6.07, 6.45) is -0.979. The molecule has 2 aliphatic rings. The molecule has 2 amide bonds. The fraction of sp³-hybridized carbons (Fsp3) is 0.382. The van der Waals surface area contributed by atoms with Crippen molar-refractivity contribution >= 4 is 55.3 Å². The van der Waals surface area contributed by atoms with Crippen LogP contribution in [0.4, 0.5) is 10.5 Å². The zero-order chi connectivity index (χ0) is 37.6. The molecule has 3 aromatic rings. The van der Waals surface area contributed by atoms with Crippen LogP contribution in [0.3, 0.4) is 0 Å². The monoisotopic (exact) mass is 777 g/mol. The van der Waals surface area contributed by atoms with Gasteiger partial charge in [0.2, 0.25) is 20.0 Å². The zero-order valence-electron chi connectivity index (χ0n) is 28.5. The molecule has 0 radical (unpaired) electrons. The van der Waals surface area contributed by atoms with E-state index in [-0.39, 0.29) is 61.2 Å². The second kappa shape index (κ2) is 16.5. The second-order valence-electron chi connectivity index (χ2n) is 12.1. The number of amides is 2. The van der Waals surface area contributed by atoms with Crippen LogP contribution in [0.2, 0.25) is 5.02 Å². The van der Waals surface area contributed by atoms with Gasteiger partial charge in [-0.25, -0.2) is 31.6 Å². The van der Waals surface area contributed by atoms with E-state index in [0.717, 1.165) is 17.2 Å². The van der Waals surface area contributed by atoms with Crippen molar-refractivity contribution in [3.05, 3.63) is 82.9 Å². The summed E-state index contributed by atoms with van der Waals surface area (Å²) in [5.41, 5.74) is 1.65. The molecule has 2 aliphatic heterocycles. The van der Waals surface area contributed by atoms with E-state index in [4.69, 9.17) is 31.0 Å². The summed E-state index contributed by atoms with van der Waals surface area (Å²) >= 11 is 6.09. The van der Waals surface area contributed by atoms with E-state index < -0.39 is 61.2 Å². The third-order valence-electron chi connectivity index (χ3n) is 8.47. The number of hydrogen-bond donors (Lipinski definition) is 3. The van der Waals surface area contributed by atoms with Crippen LogP contribution in [0.1, 0.15) is 37.8 Å². The predicted molar refractivity (Wildman–Crippen MR) is 190 cm³/mol. The second-order valence-corrected chi connectivity index (χ2v) is 15.8. The number of sulfonamides is 2. The lowest BCUT2D eigenvalue weighted by molar-refractivity contribution is -0.149. The van der Waals surface area contributed by atoms with E-state index in [9.17, 15) is 31.2 Å². The highest BCUT2D eigenvalue weighted by Gasteiger charge is 2.43. The van der Waals surface area contributed by atoms with Gasteiger partial charge in [0.15, 0.2) is 0 Å². The molecule has 18 heteroatoms. The van der Waals surface area contributed by atoms with Crippen LogP contribution >= 0.6 is 11.6 Å². The highest BCUT2D eigenvalue weighted by molar-refractivity contribution is 7.90. The molecular weight excluding hydrogens is 738 g/mol. The van der Waals surface area contributed by atoms with Crippen molar-refractivity contribution in [3.8, 4) is 5.75 Å². The van der Waals surface area contributed by atoms with Crippen molar-refractivity contribution in [2.75, 3.05) is 31.6 Å². The SMILES string of the molecule is CCOC(=O)CCN(CC)C(=O)N1C[C@@H](Oc2ccc(CC3Nc4cc(Cl)c(S(N)(=O)=O)cc4S(=O)(=O)N3)cc2)C[C@H]1C(=O)OCc1ccccc1. The molecule has 0 aliphatic carbocycles. The molecule has 1 fully saturated rings. The van der Waals surface area contributed by atoms with Gasteiger partial charge in [-0.15, -0.1) is 0 Å². The van der Waals surface area contributed by atoms with Crippen LogP contribution in [0, 0.1) is 0 Å². The number of likely N-dealkylation sites (tertiary alicyclic amines) is 1.